The van der Waals surface area contributed by atoms with Gasteiger partial charge in [-0.1, -0.05) is 52.3 Å². The molecule has 2 heterocycles. The smallest absolute Gasteiger partial charge is 0.302 e. The predicted molar refractivity (Wildman–Crippen MR) is 143 cm³/mol. The van der Waals surface area contributed by atoms with Gasteiger partial charge in [-0.15, -0.1) is 0 Å². The zero-order valence-electron chi connectivity index (χ0n) is 24.4. The van der Waals surface area contributed by atoms with Crippen LogP contribution in [0.1, 0.15) is 87.5 Å². The molecule has 4 aliphatic carbocycles. The molecular weight excluding hydrogens is 480 g/mol. The van der Waals surface area contributed by atoms with E-state index in [0.29, 0.717) is 24.9 Å². The molecule has 6 rings (SSSR count). The number of fused-ring (bicyclic) bond motifs is 5. The largest absolute Gasteiger partial charge is 0.462 e. The number of esters is 1. The second-order valence-corrected chi connectivity index (χ2v) is 15.0. The Balaban J connectivity index is 1.34. The van der Waals surface area contributed by atoms with Crippen molar-refractivity contribution in [2.45, 2.75) is 111 Å². The van der Waals surface area contributed by atoms with Gasteiger partial charge in [-0.2, -0.15) is 0 Å². The van der Waals surface area contributed by atoms with Crippen LogP contribution in [0.4, 0.5) is 0 Å². The molecule has 6 aliphatic rings. The molecule has 0 aromatic carbocycles. The van der Waals surface area contributed by atoms with Crippen molar-refractivity contribution in [1.29, 1.82) is 0 Å². The third kappa shape index (κ3) is 3.23. The van der Waals surface area contributed by atoms with E-state index in [1.807, 2.05) is 19.9 Å². The maximum atomic E-state index is 13.0. The summed E-state index contributed by atoms with van der Waals surface area (Å²) in [5.41, 5.74) is -0.102. The SMILES string of the molecule is CC(=O)O[C@@H]1C[C@H]2C(C)(C)C(=O)C=C[C@]2(C)[C@H]2CC[C@]3(C)C(=CC[C@H]3[C@H]3CO[C@@H]([C@@]4(O)OC4(C)C)C3)[C@@]21C. The fraction of sp³-hybridized carbons (Fsp3) is 0.812. The van der Waals surface area contributed by atoms with Gasteiger partial charge in [-0.3, -0.25) is 9.59 Å². The molecule has 0 spiro atoms. The minimum absolute atomic E-state index is 0.0258. The first kappa shape index (κ1) is 26.7. The number of ether oxygens (including phenoxy) is 3. The van der Waals surface area contributed by atoms with Gasteiger partial charge < -0.3 is 19.3 Å². The van der Waals surface area contributed by atoms with E-state index in [-0.39, 0.29) is 52.0 Å². The highest BCUT2D eigenvalue weighted by Crippen LogP contribution is 2.72. The fourth-order valence-electron chi connectivity index (χ4n) is 10.4. The maximum Gasteiger partial charge on any atom is 0.302 e. The first-order chi connectivity index (χ1) is 17.5. The van der Waals surface area contributed by atoms with Crippen LogP contribution >= 0.6 is 0 Å². The lowest BCUT2D eigenvalue weighted by molar-refractivity contribution is -0.188. The van der Waals surface area contributed by atoms with Gasteiger partial charge in [0, 0.05) is 17.8 Å². The Bertz CT molecular complexity index is 1130. The van der Waals surface area contributed by atoms with Crippen LogP contribution in [0.5, 0.6) is 0 Å². The number of ketones is 1. The molecule has 6 heteroatoms. The van der Waals surface area contributed by atoms with Crippen LogP contribution in [0.2, 0.25) is 0 Å². The van der Waals surface area contributed by atoms with Gasteiger partial charge in [0.2, 0.25) is 5.79 Å². The van der Waals surface area contributed by atoms with Gasteiger partial charge in [-0.25, -0.2) is 0 Å². The van der Waals surface area contributed by atoms with Crippen LogP contribution in [0.25, 0.3) is 0 Å². The molecule has 0 unspecified atom stereocenters. The van der Waals surface area contributed by atoms with Gasteiger partial charge in [0.15, 0.2) is 5.78 Å². The van der Waals surface area contributed by atoms with E-state index < -0.39 is 16.8 Å². The second-order valence-electron chi connectivity index (χ2n) is 15.0. The van der Waals surface area contributed by atoms with Crippen LogP contribution in [0.15, 0.2) is 23.8 Å². The molecule has 6 nitrogen and oxygen atoms in total. The van der Waals surface area contributed by atoms with E-state index in [2.05, 4.69) is 46.8 Å². The first-order valence-electron chi connectivity index (χ1n) is 14.7. The Morgan fingerprint density at radius 2 is 1.76 bits per heavy atom. The van der Waals surface area contributed by atoms with E-state index in [1.165, 1.54) is 12.5 Å². The highest BCUT2D eigenvalue weighted by molar-refractivity contribution is 5.95. The van der Waals surface area contributed by atoms with Gasteiger partial charge in [-0.05, 0) is 86.5 Å². The van der Waals surface area contributed by atoms with Crippen molar-refractivity contribution in [2.24, 2.45) is 45.3 Å². The number of allylic oxidation sites excluding steroid dienone is 3. The van der Waals surface area contributed by atoms with Crippen molar-refractivity contribution >= 4 is 11.8 Å². The van der Waals surface area contributed by atoms with Gasteiger partial charge in [0.25, 0.3) is 0 Å². The van der Waals surface area contributed by atoms with Crippen LogP contribution in [-0.2, 0) is 23.8 Å². The summed E-state index contributed by atoms with van der Waals surface area (Å²) in [5, 5.41) is 11.0. The average molecular weight is 527 g/mol. The van der Waals surface area contributed by atoms with Crippen molar-refractivity contribution in [3.05, 3.63) is 23.8 Å². The van der Waals surface area contributed by atoms with E-state index in [0.717, 1.165) is 25.7 Å². The van der Waals surface area contributed by atoms with Gasteiger partial charge in [0.1, 0.15) is 17.8 Å². The van der Waals surface area contributed by atoms with Crippen molar-refractivity contribution < 1.29 is 28.9 Å². The van der Waals surface area contributed by atoms with E-state index in [9.17, 15) is 14.7 Å². The number of carbonyl (C=O) groups excluding carboxylic acids is 2. The number of aliphatic hydroxyl groups is 1. The van der Waals surface area contributed by atoms with Crippen molar-refractivity contribution in [3.63, 3.8) is 0 Å². The van der Waals surface area contributed by atoms with Crippen LogP contribution < -0.4 is 0 Å². The minimum Gasteiger partial charge on any atom is -0.462 e. The summed E-state index contributed by atoms with van der Waals surface area (Å²) in [6, 6.07) is 0. The molecule has 0 aromatic heterocycles. The van der Waals surface area contributed by atoms with Crippen LogP contribution in [0.3, 0.4) is 0 Å². The molecule has 0 amide bonds. The van der Waals surface area contributed by atoms with Crippen LogP contribution in [-0.4, -0.2) is 47.1 Å². The van der Waals surface area contributed by atoms with Crippen LogP contribution in [0, 0.1) is 45.3 Å². The Hall–Kier alpha value is -1.50. The number of rotatable bonds is 3. The maximum absolute atomic E-state index is 13.0. The normalized spacial score (nSPS) is 52.0. The molecule has 0 radical (unpaired) electrons. The summed E-state index contributed by atoms with van der Waals surface area (Å²) < 4.78 is 18.1. The van der Waals surface area contributed by atoms with E-state index in [4.69, 9.17) is 14.2 Å². The van der Waals surface area contributed by atoms with Crippen molar-refractivity contribution in [1.82, 2.24) is 0 Å². The Morgan fingerprint density at radius 3 is 2.39 bits per heavy atom. The van der Waals surface area contributed by atoms with Gasteiger partial charge >= 0.3 is 5.97 Å². The predicted octanol–water partition coefficient (Wildman–Crippen LogP) is 5.38. The van der Waals surface area contributed by atoms with Gasteiger partial charge in [0.05, 0.1) is 6.61 Å². The highest BCUT2D eigenvalue weighted by Gasteiger charge is 2.71. The monoisotopic (exact) mass is 526 g/mol. The quantitative estimate of drug-likeness (QED) is 0.302. The molecule has 2 saturated carbocycles. The molecule has 2 saturated heterocycles. The Morgan fingerprint density at radius 1 is 1.08 bits per heavy atom. The van der Waals surface area contributed by atoms with Crippen molar-refractivity contribution in [2.75, 3.05) is 6.61 Å². The first-order valence-corrected chi connectivity index (χ1v) is 14.7. The molecule has 210 valence electrons. The Labute approximate surface area is 227 Å². The lowest BCUT2D eigenvalue weighted by Gasteiger charge is -2.66. The van der Waals surface area contributed by atoms with E-state index >= 15 is 0 Å². The zero-order valence-corrected chi connectivity index (χ0v) is 24.4. The molecular formula is C32H46O6. The standard InChI is InChI=1S/C32H46O6/c1-18(33)37-25-16-23-27(2,3)24(34)12-14-30(23,7)22-11-13-29(6)20(9-10-21(29)31(22,25)8)19-15-26(36-17-19)32(35)28(4,5)38-32/h10,12,14,19-20,22-23,25-26,35H,9,11,13,15-17H2,1-8H3/t19-,20+,22-,23+,25-,26-,29+,30-,31+,32-/m1/s1. The number of hydrogen-bond acceptors (Lipinski definition) is 6. The molecule has 2 aliphatic heterocycles. The second kappa shape index (κ2) is 7.82. The summed E-state index contributed by atoms with van der Waals surface area (Å²) >= 11 is 0. The minimum atomic E-state index is -1.19. The third-order valence-corrected chi connectivity index (χ3v) is 12.6. The van der Waals surface area contributed by atoms with E-state index in [1.54, 1.807) is 0 Å². The molecule has 0 bridgehead atoms. The summed E-state index contributed by atoms with van der Waals surface area (Å²) in [6.45, 7) is 17.2. The summed E-state index contributed by atoms with van der Waals surface area (Å²) in [4.78, 5) is 25.5. The summed E-state index contributed by atoms with van der Waals surface area (Å²) in [6.07, 6.45) is 10.5. The molecule has 4 fully saturated rings. The molecule has 38 heavy (non-hydrogen) atoms. The topological polar surface area (TPSA) is 85.4 Å². The summed E-state index contributed by atoms with van der Waals surface area (Å²) in [7, 11) is 0. The third-order valence-electron chi connectivity index (χ3n) is 12.6. The number of epoxide rings is 1. The Kier molecular flexibility index (Phi) is 5.50. The summed E-state index contributed by atoms with van der Waals surface area (Å²) in [5.74, 6) is -0.124. The number of hydrogen-bond donors (Lipinski definition) is 1. The molecule has 10 atom stereocenters. The average Bonchev–Trinajstić information content (AvgIpc) is 3.18. The lowest BCUT2D eigenvalue weighted by Crippen LogP contribution is -2.64. The fourth-order valence-corrected chi connectivity index (χ4v) is 10.4. The lowest BCUT2D eigenvalue weighted by atomic mass is 9.38. The molecule has 1 N–H and O–H groups in total. The number of carbonyl (C=O) groups is 2. The highest BCUT2D eigenvalue weighted by atomic mass is 16.8. The molecule has 0 aromatic rings. The van der Waals surface area contributed by atoms with Crippen molar-refractivity contribution in [3.8, 4) is 0 Å². The zero-order chi connectivity index (χ0) is 27.7.